The Kier molecular flexibility index (Phi) is 1.85. The Labute approximate surface area is 81.8 Å². The first-order valence-electron chi connectivity index (χ1n) is 5.35. The van der Waals surface area contributed by atoms with E-state index in [4.69, 9.17) is 0 Å². The maximum absolute atomic E-state index is 2.58. The van der Waals surface area contributed by atoms with Crippen molar-refractivity contribution >= 4 is 0 Å². The van der Waals surface area contributed by atoms with Crippen LogP contribution in [0.1, 0.15) is 34.1 Å². The Morgan fingerprint density at radius 2 is 2.00 bits per heavy atom. The lowest BCUT2D eigenvalue weighted by atomic mass is 9.58. The predicted molar refractivity (Wildman–Crippen MR) is 56.7 cm³/mol. The maximum Gasteiger partial charge on any atom is 0.0166 e. The molecule has 2 atom stereocenters. The standard InChI is InChI=1S/C12H21N/c1-10-5-7-13-8-6-11(2,3)12(10,4)9-13/h5H,6-9H2,1-4H3. The van der Waals surface area contributed by atoms with Crippen molar-refractivity contribution in [2.45, 2.75) is 34.1 Å². The molecule has 0 N–H and O–H groups in total. The zero-order valence-corrected chi connectivity index (χ0v) is 9.35. The average molecular weight is 179 g/mol. The number of fused-ring (bicyclic) bond motifs is 2. The van der Waals surface area contributed by atoms with Gasteiger partial charge in [0.2, 0.25) is 0 Å². The summed E-state index contributed by atoms with van der Waals surface area (Å²) >= 11 is 0. The molecule has 2 aliphatic heterocycles. The van der Waals surface area contributed by atoms with E-state index in [-0.39, 0.29) is 0 Å². The van der Waals surface area contributed by atoms with Gasteiger partial charge in [0, 0.05) is 18.5 Å². The normalized spacial score (nSPS) is 42.8. The van der Waals surface area contributed by atoms with E-state index in [0.29, 0.717) is 10.8 Å². The van der Waals surface area contributed by atoms with Crippen LogP contribution in [0.5, 0.6) is 0 Å². The number of nitrogens with zero attached hydrogens (tertiary/aromatic N) is 1. The first kappa shape index (κ1) is 9.26. The number of hydrogen-bond acceptors (Lipinski definition) is 1. The van der Waals surface area contributed by atoms with Gasteiger partial charge in [0.05, 0.1) is 0 Å². The first-order valence-corrected chi connectivity index (χ1v) is 5.35. The third kappa shape index (κ3) is 1.17. The molecule has 1 saturated heterocycles. The van der Waals surface area contributed by atoms with Crippen molar-refractivity contribution in [1.29, 1.82) is 0 Å². The highest BCUT2D eigenvalue weighted by atomic mass is 15.1. The molecule has 2 unspecified atom stereocenters. The fourth-order valence-corrected chi connectivity index (χ4v) is 2.76. The van der Waals surface area contributed by atoms with Crippen molar-refractivity contribution in [3.63, 3.8) is 0 Å². The van der Waals surface area contributed by atoms with Crippen LogP contribution < -0.4 is 0 Å². The van der Waals surface area contributed by atoms with Crippen LogP contribution in [0, 0.1) is 10.8 Å². The molecule has 2 heterocycles. The zero-order valence-electron chi connectivity index (χ0n) is 9.35. The first-order chi connectivity index (χ1) is 5.96. The summed E-state index contributed by atoms with van der Waals surface area (Å²) < 4.78 is 0. The highest BCUT2D eigenvalue weighted by Crippen LogP contribution is 2.51. The molecular weight excluding hydrogens is 158 g/mol. The smallest absolute Gasteiger partial charge is 0.0166 e. The molecule has 2 rings (SSSR count). The Morgan fingerprint density at radius 1 is 1.31 bits per heavy atom. The van der Waals surface area contributed by atoms with Crippen molar-refractivity contribution in [2.24, 2.45) is 10.8 Å². The Bertz CT molecular complexity index is 252. The van der Waals surface area contributed by atoms with Gasteiger partial charge in [0.15, 0.2) is 0 Å². The van der Waals surface area contributed by atoms with E-state index in [1.54, 1.807) is 5.57 Å². The number of hydrogen-bond donors (Lipinski definition) is 0. The van der Waals surface area contributed by atoms with Crippen LogP contribution in [0.3, 0.4) is 0 Å². The fraction of sp³-hybridized carbons (Fsp3) is 0.833. The van der Waals surface area contributed by atoms with E-state index in [9.17, 15) is 0 Å². The largest absolute Gasteiger partial charge is 0.299 e. The van der Waals surface area contributed by atoms with E-state index in [2.05, 4.69) is 38.7 Å². The molecule has 1 fully saturated rings. The van der Waals surface area contributed by atoms with Crippen molar-refractivity contribution < 1.29 is 0 Å². The van der Waals surface area contributed by atoms with Gasteiger partial charge in [-0.2, -0.15) is 0 Å². The van der Waals surface area contributed by atoms with E-state index in [0.717, 1.165) is 0 Å². The molecule has 0 aromatic carbocycles. The molecule has 0 aromatic rings. The van der Waals surface area contributed by atoms with Gasteiger partial charge in [-0.15, -0.1) is 0 Å². The quantitative estimate of drug-likeness (QED) is 0.517. The third-order valence-electron chi connectivity index (χ3n) is 4.61. The van der Waals surface area contributed by atoms with E-state index in [1.807, 2.05) is 0 Å². The molecule has 2 aliphatic rings. The number of piperidine rings is 1. The van der Waals surface area contributed by atoms with Gasteiger partial charge in [-0.05, 0) is 25.3 Å². The SMILES string of the molecule is CC1=CCN2CCC(C)(C)C1(C)C2. The van der Waals surface area contributed by atoms with Gasteiger partial charge >= 0.3 is 0 Å². The van der Waals surface area contributed by atoms with Gasteiger partial charge in [-0.3, -0.25) is 4.90 Å². The summed E-state index contributed by atoms with van der Waals surface area (Å²) in [5, 5.41) is 0. The van der Waals surface area contributed by atoms with Crippen molar-refractivity contribution in [1.82, 2.24) is 4.90 Å². The van der Waals surface area contributed by atoms with Gasteiger partial charge in [0.1, 0.15) is 0 Å². The van der Waals surface area contributed by atoms with Crippen LogP contribution in [0.2, 0.25) is 0 Å². The summed E-state index contributed by atoms with van der Waals surface area (Å²) in [5.41, 5.74) is 2.50. The summed E-state index contributed by atoms with van der Waals surface area (Å²) in [6.07, 6.45) is 3.76. The molecule has 0 aliphatic carbocycles. The van der Waals surface area contributed by atoms with Crippen molar-refractivity contribution in [3.8, 4) is 0 Å². The topological polar surface area (TPSA) is 3.24 Å². The minimum atomic E-state index is 0.420. The maximum atomic E-state index is 2.58. The lowest BCUT2D eigenvalue weighted by molar-refractivity contribution is 0.00356. The molecule has 0 spiro atoms. The third-order valence-corrected chi connectivity index (χ3v) is 4.61. The molecule has 1 heteroatoms. The summed E-state index contributed by atoms with van der Waals surface area (Å²) in [6.45, 7) is 13.3. The van der Waals surface area contributed by atoms with Crippen LogP contribution in [0.4, 0.5) is 0 Å². The monoisotopic (exact) mass is 179 g/mol. The van der Waals surface area contributed by atoms with E-state index in [1.165, 1.54) is 26.1 Å². The lowest BCUT2D eigenvalue weighted by Gasteiger charge is -2.55. The van der Waals surface area contributed by atoms with Crippen LogP contribution in [-0.2, 0) is 0 Å². The second kappa shape index (κ2) is 2.60. The highest BCUT2D eigenvalue weighted by molar-refractivity contribution is 5.21. The molecular formula is C12H21N. The van der Waals surface area contributed by atoms with Crippen LogP contribution in [0.25, 0.3) is 0 Å². The lowest BCUT2D eigenvalue weighted by Crippen LogP contribution is -2.54. The van der Waals surface area contributed by atoms with E-state index >= 15 is 0 Å². The fourth-order valence-electron chi connectivity index (χ4n) is 2.76. The summed E-state index contributed by atoms with van der Waals surface area (Å²) in [7, 11) is 0. The van der Waals surface area contributed by atoms with E-state index < -0.39 is 0 Å². The van der Waals surface area contributed by atoms with Gasteiger partial charge < -0.3 is 0 Å². The molecule has 2 bridgehead atoms. The summed E-state index contributed by atoms with van der Waals surface area (Å²) in [5.74, 6) is 0. The zero-order chi connectivity index (χ0) is 9.69. The molecule has 74 valence electrons. The molecule has 0 saturated carbocycles. The number of rotatable bonds is 0. The highest BCUT2D eigenvalue weighted by Gasteiger charge is 2.47. The Balaban J connectivity index is 2.41. The second-order valence-electron chi connectivity index (χ2n) is 5.59. The average Bonchev–Trinajstić information content (AvgIpc) is 2.06. The Morgan fingerprint density at radius 3 is 2.62 bits per heavy atom. The predicted octanol–water partition coefficient (Wildman–Crippen LogP) is 2.68. The molecule has 0 amide bonds. The minimum absolute atomic E-state index is 0.420. The van der Waals surface area contributed by atoms with Gasteiger partial charge in [0.25, 0.3) is 0 Å². The van der Waals surface area contributed by atoms with Crippen LogP contribution in [0.15, 0.2) is 11.6 Å². The Hall–Kier alpha value is -0.300. The molecule has 0 radical (unpaired) electrons. The molecule has 1 nitrogen and oxygen atoms in total. The summed E-state index contributed by atoms with van der Waals surface area (Å²) in [6, 6.07) is 0. The molecule has 0 aromatic heterocycles. The van der Waals surface area contributed by atoms with Crippen LogP contribution in [-0.4, -0.2) is 24.5 Å². The van der Waals surface area contributed by atoms with Crippen molar-refractivity contribution in [3.05, 3.63) is 11.6 Å². The summed E-state index contributed by atoms with van der Waals surface area (Å²) in [4.78, 5) is 2.58. The van der Waals surface area contributed by atoms with Crippen LogP contribution >= 0.6 is 0 Å². The van der Waals surface area contributed by atoms with Gasteiger partial charge in [-0.25, -0.2) is 0 Å². The second-order valence-corrected chi connectivity index (χ2v) is 5.59. The van der Waals surface area contributed by atoms with Gasteiger partial charge in [-0.1, -0.05) is 32.4 Å². The minimum Gasteiger partial charge on any atom is -0.299 e. The van der Waals surface area contributed by atoms with Crippen molar-refractivity contribution in [2.75, 3.05) is 19.6 Å². The molecule has 13 heavy (non-hydrogen) atoms.